The summed E-state index contributed by atoms with van der Waals surface area (Å²) in [5.41, 5.74) is 2.74. The molecule has 2 heterocycles. The van der Waals surface area contributed by atoms with E-state index in [4.69, 9.17) is 15.7 Å². The molecule has 12 heteroatoms. The van der Waals surface area contributed by atoms with E-state index in [2.05, 4.69) is 4.98 Å². The van der Waals surface area contributed by atoms with Crippen LogP contribution in [-0.4, -0.2) is 46.6 Å². The first kappa shape index (κ1) is 25.1. The van der Waals surface area contributed by atoms with Gasteiger partial charge in [0, 0.05) is 30.8 Å². The van der Waals surface area contributed by atoms with Crippen LogP contribution in [0.2, 0.25) is 0 Å². The average molecular weight is 505 g/mol. The summed E-state index contributed by atoms with van der Waals surface area (Å²) >= 11 is 0. The van der Waals surface area contributed by atoms with Gasteiger partial charge in [0.05, 0.1) is 18.4 Å². The number of aromatic nitrogens is 2. The summed E-state index contributed by atoms with van der Waals surface area (Å²) in [4.78, 5) is 18.4. The highest BCUT2D eigenvalue weighted by Crippen LogP contribution is 2.39. The van der Waals surface area contributed by atoms with Crippen LogP contribution in [0, 0.1) is 23.0 Å². The predicted octanol–water partition coefficient (Wildman–Crippen LogP) is 4.28. The Hall–Kier alpha value is -3.98. The topological polar surface area (TPSA) is 97.2 Å². The summed E-state index contributed by atoms with van der Waals surface area (Å²) in [6.45, 7) is 0.232. The number of nitriles is 1. The van der Waals surface area contributed by atoms with E-state index in [9.17, 15) is 26.7 Å². The smallest absolute Gasteiger partial charge is 0.434 e. The molecule has 2 aromatic carbocycles. The average Bonchev–Trinajstić information content (AvgIpc) is 3.25. The molecule has 188 valence electrons. The Morgan fingerprint density at radius 2 is 1.94 bits per heavy atom. The second-order valence-corrected chi connectivity index (χ2v) is 8.24. The monoisotopic (exact) mass is 505 g/mol. The van der Waals surface area contributed by atoms with Gasteiger partial charge in [0.25, 0.3) is 5.91 Å². The second kappa shape index (κ2) is 9.58. The number of carbonyl (C=O) groups excluding carboxylic acids is 1. The molecule has 7 nitrogen and oxygen atoms in total. The van der Waals surface area contributed by atoms with E-state index in [0.29, 0.717) is 17.4 Å². The van der Waals surface area contributed by atoms with Crippen molar-refractivity contribution < 1.29 is 31.5 Å². The molecule has 0 radical (unpaired) electrons. The van der Waals surface area contributed by atoms with Gasteiger partial charge in [0.15, 0.2) is 23.0 Å². The van der Waals surface area contributed by atoms with Gasteiger partial charge in [0.2, 0.25) is 0 Å². The zero-order valence-electron chi connectivity index (χ0n) is 18.9. The minimum absolute atomic E-state index is 0.0426. The summed E-state index contributed by atoms with van der Waals surface area (Å²) in [5.74, 6) is -3.62. The third-order valence-electron chi connectivity index (χ3n) is 5.83. The van der Waals surface area contributed by atoms with Crippen LogP contribution in [0.4, 0.5) is 22.0 Å². The maximum Gasteiger partial charge on any atom is 0.434 e. The lowest BCUT2D eigenvalue weighted by atomic mass is 10.1. The molecule has 4 rings (SSSR count). The Balaban J connectivity index is 2.00. The number of hydrogen-bond donors (Lipinski definition) is 1. The number of carbonyl (C=O) groups is 1. The fourth-order valence-corrected chi connectivity index (χ4v) is 4.16. The quantitative estimate of drug-likeness (QED) is 0.534. The standard InChI is InChI=1S/C24H20F5N5O2/c1-36-19-7-6-16(10-18(19)26)34-21(24(27,28)29)20(23(35)33-8-2-3-15(31)12-33)32-22(34)13-4-5-14(11-30)17(25)9-13/h4-7,9-10,15H,2-3,8,12,31H2,1H3/t15-/m1/s1. The highest BCUT2D eigenvalue weighted by Gasteiger charge is 2.44. The largest absolute Gasteiger partial charge is 0.494 e. The van der Waals surface area contributed by atoms with Crippen molar-refractivity contribution in [2.24, 2.45) is 5.73 Å². The lowest BCUT2D eigenvalue weighted by Gasteiger charge is -2.30. The van der Waals surface area contributed by atoms with Gasteiger partial charge in [-0.3, -0.25) is 9.36 Å². The van der Waals surface area contributed by atoms with Crippen molar-refractivity contribution in [3.63, 3.8) is 0 Å². The number of ether oxygens (including phenoxy) is 1. The number of halogens is 5. The van der Waals surface area contributed by atoms with Crippen molar-refractivity contribution in [3.8, 4) is 28.9 Å². The highest BCUT2D eigenvalue weighted by atomic mass is 19.4. The zero-order valence-corrected chi connectivity index (χ0v) is 18.9. The molecule has 2 N–H and O–H groups in total. The van der Waals surface area contributed by atoms with E-state index in [1.165, 1.54) is 18.1 Å². The molecule has 0 bridgehead atoms. The summed E-state index contributed by atoms with van der Waals surface area (Å²) in [7, 11) is 1.20. The number of hydrogen-bond acceptors (Lipinski definition) is 5. The first-order valence-electron chi connectivity index (χ1n) is 10.8. The third kappa shape index (κ3) is 4.61. The van der Waals surface area contributed by atoms with Crippen LogP contribution in [0.25, 0.3) is 17.1 Å². The Labute approximate surface area is 202 Å². The van der Waals surface area contributed by atoms with Crippen LogP contribution in [0.5, 0.6) is 5.75 Å². The number of amides is 1. The van der Waals surface area contributed by atoms with Crippen LogP contribution in [0.1, 0.15) is 34.6 Å². The third-order valence-corrected chi connectivity index (χ3v) is 5.83. The minimum atomic E-state index is -5.10. The van der Waals surface area contributed by atoms with Crippen molar-refractivity contribution >= 4 is 5.91 Å². The summed E-state index contributed by atoms with van der Waals surface area (Å²) < 4.78 is 77.8. The van der Waals surface area contributed by atoms with E-state index in [1.54, 1.807) is 6.07 Å². The van der Waals surface area contributed by atoms with E-state index in [1.807, 2.05) is 0 Å². The number of likely N-dealkylation sites (tertiary alicyclic amines) is 1. The van der Waals surface area contributed by atoms with E-state index in [-0.39, 0.29) is 35.7 Å². The van der Waals surface area contributed by atoms with Gasteiger partial charge in [0.1, 0.15) is 17.7 Å². The number of piperidine rings is 1. The van der Waals surface area contributed by atoms with E-state index >= 15 is 0 Å². The molecule has 0 saturated carbocycles. The number of imidazole rings is 1. The predicted molar refractivity (Wildman–Crippen MR) is 118 cm³/mol. The molecule has 1 aliphatic rings. The zero-order chi connectivity index (χ0) is 26.2. The van der Waals surface area contributed by atoms with Crippen LogP contribution in [0.3, 0.4) is 0 Å². The highest BCUT2D eigenvalue weighted by molar-refractivity contribution is 5.95. The van der Waals surface area contributed by atoms with Crippen molar-refractivity contribution in [2.75, 3.05) is 20.2 Å². The molecule has 1 fully saturated rings. The van der Waals surface area contributed by atoms with Gasteiger partial charge >= 0.3 is 6.18 Å². The van der Waals surface area contributed by atoms with Crippen molar-refractivity contribution in [3.05, 3.63) is 65.0 Å². The van der Waals surface area contributed by atoms with E-state index < -0.39 is 47.0 Å². The van der Waals surface area contributed by atoms with Crippen molar-refractivity contribution in [1.29, 1.82) is 5.26 Å². The number of methoxy groups -OCH3 is 1. The molecule has 1 aromatic heterocycles. The first-order chi connectivity index (χ1) is 17.0. The van der Waals surface area contributed by atoms with Crippen LogP contribution in [0.15, 0.2) is 36.4 Å². The van der Waals surface area contributed by atoms with Gasteiger partial charge in [-0.25, -0.2) is 13.8 Å². The number of nitrogens with zero attached hydrogens (tertiary/aromatic N) is 4. The molecule has 1 atom stereocenters. The fraction of sp³-hybridized carbons (Fsp3) is 0.292. The lowest BCUT2D eigenvalue weighted by Crippen LogP contribution is -2.46. The molecule has 1 saturated heterocycles. The number of alkyl halides is 3. The molecular weight excluding hydrogens is 485 g/mol. The fourth-order valence-electron chi connectivity index (χ4n) is 4.16. The van der Waals surface area contributed by atoms with Gasteiger partial charge in [-0.2, -0.15) is 18.4 Å². The van der Waals surface area contributed by atoms with Crippen molar-refractivity contribution in [1.82, 2.24) is 14.5 Å². The minimum Gasteiger partial charge on any atom is -0.494 e. The van der Waals surface area contributed by atoms with Crippen LogP contribution >= 0.6 is 0 Å². The number of rotatable bonds is 4. The van der Waals surface area contributed by atoms with E-state index in [0.717, 1.165) is 30.3 Å². The molecule has 0 unspecified atom stereocenters. The molecule has 0 spiro atoms. The van der Waals surface area contributed by atoms with Crippen LogP contribution < -0.4 is 10.5 Å². The molecule has 3 aromatic rings. The molecular formula is C24H20F5N5O2. The summed E-state index contributed by atoms with van der Waals surface area (Å²) in [6.07, 6.45) is -3.98. The summed E-state index contributed by atoms with van der Waals surface area (Å²) in [6, 6.07) is 7.42. The van der Waals surface area contributed by atoms with Crippen molar-refractivity contribution in [2.45, 2.75) is 25.1 Å². The summed E-state index contributed by atoms with van der Waals surface area (Å²) in [5, 5.41) is 9.01. The molecule has 0 aliphatic carbocycles. The maximum atomic E-state index is 14.5. The normalized spacial score (nSPS) is 16.1. The number of benzene rings is 2. The SMILES string of the molecule is COc1ccc(-n2c(-c3ccc(C#N)c(F)c3)nc(C(=O)N3CCC[C@@H](N)C3)c2C(F)(F)F)cc1F. The Morgan fingerprint density at radius 3 is 2.53 bits per heavy atom. The van der Waals surface area contributed by atoms with Gasteiger partial charge < -0.3 is 15.4 Å². The second-order valence-electron chi connectivity index (χ2n) is 8.24. The number of nitrogens with two attached hydrogens (primary N) is 1. The van der Waals surface area contributed by atoms with Gasteiger partial charge in [-0.15, -0.1) is 0 Å². The van der Waals surface area contributed by atoms with Crippen LogP contribution in [-0.2, 0) is 6.18 Å². The molecule has 1 amide bonds. The Bertz CT molecular complexity index is 1360. The molecule has 1 aliphatic heterocycles. The lowest BCUT2D eigenvalue weighted by molar-refractivity contribution is -0.142. The Morgan fingerprint density at radius 1 is 1.19 bits per heavy atom. The molecule has 36 heavy (non-hydrogen) atoms. The van der Waals surface area contributed by atoms with Gasteiger partial charge in [-0.05, 0) is 43.2 Å². The first-order valence-corrected chi connectivity index (χ1v) is 10.8. The van der Waals surface area contributed by atoms with Gasteiger partial charge in [-0.1, -0.05) is 0 Å². The Kier molecular flexibility index (Phi) is 6.69. The maximum absolute atomic E-state index is 14.5.